The first-order valence-corrected chi connectivity index (χ1v) is 6.94. The zero-order chi connectivity index (χ0) is 13.5. The van der Waals surface area contributed by atoms with Crippen LogP contribution in [0.1, 0.15) is 32.1 Å². The Labute approximate surface area is 114 Å². The zero-order valence-corrected chi connectivity index (χ0v) is 11.4. The number of rotatable bonds is 5. The number of hydrogen-bond donors (Lipinski definition) is 0. The quantitative estimate of drug-likeness (QED) is 0.436. The molecule has 2 fully saturated rings. The van der Waals surface area contributed by atoms with Crippen molar-refractivity contribution in [1.82, 2.24) is 0 Å². The second-order valence-electron chi connectivity index (χ2n) is 5.09. The average molecular weight is 266 g/mol. The summed E-state index contributed by atoms with van der Waals surface area (Å²) in [7, 11) is 1.38. The molecule has 3 unspecified atom stereocenters. The number of carbonyl (C=O) groups is 1. The standard InChI is InChI=1S/C15H22O4/c1-17-15(16)7-5-3-2-4-6-12-8-9-13-14(10-12)19-11-18-13/h2-3,5,7,12-14H,4,6,8-11H2,1H3/b3-2+,7-5+. The lowest BCUT2D eigenvalue weighted by molar-refractivity contribution is -0.134. The molecular formula is C15H22O4. The molecule has 1 saturated heterocycles. The molecule has 106 valence electrons. The molecule has 1 aliphatic carbocycles. The Morgan fingerprint density at radius 1 is 1.26 bits per heavy atom. The number of fused-ring (bicyclic) bond motifs is 1. The number of esters is 1. The molecule has 3 atom stereocenters. The SMILES string of the molecule is COC(=O)/C=C/C=C/CCC1CCC2OCOC2C1. The van der Waals surface area contributed by atoms with E-state index >= 15 is 0 Å². The first kappa shape index (κ1) is 14.3. The minimum atomic E-state index is -0.318. The normalized spacial score (nSPS) is 30.9. The number of carbonyl (C=O) groups excluding carboxylic acids is 1. The number of allylic oxidation sites excluding steroid dienone is 3. The summed E-state index contributed by atoms with van der Waals surface area (Å²) in [5.74, 6) is 0.415. The van der Waals surface area contributed by atoms with Gasteiger partial charge in [0.15, 0.2) is 0 Å². The van der Waals surface area contributed by atoms with Crippen LogP contribution in [0, 0.1) is 5.92 Å². The second-order valence-corrected chi connectivity index (χ2v) is 5.09. The molecule has 1 saturated carbocycles. The Morgan fingerprint density at radius 2 is 2.11 bits per heavy atom. The van der Waals surface area contributed by atoms with Crippen LogP contribution in [0.4, 0.5) is 0 Å². The summed E-state index contributed by atoms with van der Waals surface area (Å²) in [6.07, 6.45) is 13.5. The van der Waals surface area contributed by atoms with Gasteiger partial charge in [-0.3, -0.25) is 0 Å². The van der Waals surface area contributed by atoms with Crippen molar-refractivity contribution < 1.29 is 19.0 Å². The summed E-state index contributed by atoms with van der Waals surface area (Å²) in [6, 6.07) is 0. The first-order valence-electron chi connectivity index (χ1n) is 6.94. The van der Waals surface area contributed by atoms with Crippen LogP contribution in [0.2, 0.25) is 0 Å². The molecule has 19 heavy (non-hydrogen) atoms. The molecule has 0 radical (unpaired) electrons. The van der Waals surface area contributed by atoms with Gasteiger partial charge in [0.1, 0.15) is 6.79 Å². The van der Waals surface area contributed by atoms with Crippen molar-refractivity contribution in [2.75, 3.05) is 13.9 Å². The van der Waals surface area contributed by atoms with E-state index in [0.717, 1.165) is 25.2 Å². The van der Waals surface area contributed by atoms with E-state index in [4.69, 9.17) is 9.47 Å². The van der Waals surface area contributed by atoms with Crippen LogP contribution in [-0.2, 0) is 19.0 Å². The van der Waals surface area contributed by atoms with Gasteiger partial charge in [-0.25, -0.2) is 4.79 Å². The highest BCUT2D eigenvalue weighted by atomic mass is 16.7. The minimum absolute atomic E-state index is 0.318. The van der Waals surface area contributed by atoms with Crippen molar-refractivity contribution in [2.24, 2.45) is 5.92 Å². The lowest BCUT2D eigenvalue weighted by atomic mass is 9.83. The van der Waals surface area contributed by atoms with Crippen LogP contribution < -0.4 is 0 Å². The molecule has 1 aliphatic heterocycles. The zero-order valence-electron chi connectivity index (χ0n) is 11.4. The maximum absolute atomic E-state index is 10.8. The van der Waals surface area contributed by atoms with Crippen LogP contribution in [0.3, 0.4) is 0 Å². The van der Waals surface area contributed by atoms with Gasteiger partial charge in [-0.05, 0) is 38.0 Å². The molecular weight excluding hydrogens is 244 g/mol. The molecule has 1 heterocycles. The monoisotopic (exact) mass is 266 g/mol. The van der Waals surface area contributed by atoms with Gasteiger partial charge in [0.05, 0.1) is 19.3 Å². The molecule has 4 nitrogen and oxygen atoms in total. The van der Waals surface area contributed by atoms with E-state index in [1.54, 1.807) is 6.08 Å². The highest BCUT2D eigenvalue weighted by molar-refractivity contribution is 5.82. The summed E-state index contributed by atoms with van der Waals surface area (Å²) in [4.78, 5) is 10.8. The Balaban J connectivity index is 1.62. The predicted molar refractivity (Wildman–Crippen MR) is 71.5 cm³/mol. The van der Waals surface area contributed by atoms with Crippen LogP contribution in [0.25, 0.3) is 0 Å². The highest BCUT2D eigenvalue weighted by Crippen LogP contribution is 2.34. The molecule has 0 aromatic carbocycles. The largest absolute Gasteiger partial charge is 0.466 e. The fraction of sp³-hybridized carbons (Fsp3) is 0.667. The smallest absolute Gasteiger partial charge is 0.330 e. The third-order valence-electron chi connectivity index (χ3n) is 3.83. The molecule has 2 rings (SSSR count). The Hall–Kier alpha value is -1.13. The maximum atomic E-state index is 10.8. The van der Waals surface area contributed by atoms with Crippen molar-refractivity contribution in [3.63, 3.8) is 0 Å². The number of ether oxygens (including phenoxy) is 3. The fourth-order valence-electron chi connectivity index (χ4n) is 2.74. The summed E-state index contributed by atoms with van der Waals surface area (Å²) in [5.41, 5.74) is 0. The van der Waals surface area contributed by atoms with Crippen molar-refractivity contribution in [3.8, 4) is 0 Å². The highest BCUT2D eigenvalue weighted by Gasteiger charge is 2.35. The van der Waals surface area contributed by atoms with E-state index in [9.17, 15) is 4.79 Å². The third kappa shape index (κ3) is 4.48. The van der Waals surface area contributed by atoms with Gasteiger partial charge in [0.2, 0.25) is 0 Å². The molecule has 0 aromatic rings. The van der Waals surface area contributed by atoms with Gasteiger partial charge in [-0.2, -0.15) is 0 Å². The van der Waals surface area contributed by atoms with Gasteiger partial charge >= 0.3 is 5.97 Å². The van der Waals surface area contributed by atoms with E-state index in [2.05, 4.69) is 10.8 Å². The van der Waals surface area contributed by atoms with Crippen LogP contribution in [-0.4, -0.2) is 32.1 Å². The second kappa shape index (κ2) is 7.46. The van der Waals surface area contributed by atoms with Crippen molar-refractivity contribution >= 4 is 5.97 Å². The topological polar surface area (TPSA) is 44.8 Å². The van der Waals surface area contributed by atoms with Gasteiger partial charge in [-0.1, -0.05) is 18.2 Å². The summed E-state index contributed by atoms with van der Waals surface area (Å²) < 4.78 is 15.6. The predicted octanol–water partition coefficient (Wildman–Crippen LogP) is 2.59. The van der Waals surface area contributed by atoms with E-state index < -0.39 is 0 Å². The van der Waals surface area contributed by atoms with E-state index in [-0.39, 0.29) is 5.97 Å². The molecule has 0 amide bonds. The molecule has 0 aromatic heterocycles. The van der Waals surface area contributed by atoms with Gasteiger partial charge in [-0.15, -0.1) is 0 Å². The average Bonchev–Trinajstić information content (AvgIpc) is 2.89. The van der Waals surface area contributed by atoms with E-state index in [0.29, 0.717) is 19.0 Å². The van der Waals surface area contributed by atoms with Crippen molar-refractivity contribution in [1.29, 1.82) is 0 Å². The summed E-state index contributed by atoms with van der Waals surface area (Å²) in [5, 5.41) is 0. The molecule has 0 spiro atoms. The van der Waals surface area contributed by atoms with Gasteiger partial charge < -0.3 is 14.2 Å². The molecule has 0 bridgehead atoms. The van der Waals surface area contributed by atoms with Gasteiger partial charge in [0, 0.05) is 6.08 Å². The lowest BCUT2D eigenvalue weighted by Gasteiger charge is -2.29. The summed E-state index contributed by atoms with van der Waals surface area (Å²) in [6.45, 7) is 0.472. The number of methoxy groups -OCH3 is 1. The fourth-order valence-corrected chi connectivity index (χ4v) is 2.74. The Kier molecular flexibility index (Phi) is 5.61. The van der Waals surface area contributed by atoms with Crippen LogP contribution in [0.5, 0.6) is 0 Å². The van der Waals surface area contributed by atoms with E-state index in [1.165, 1.54) is 26.0 Å². The Bertz CT molecular complexity index is 348. The molecule has 0 N–H and O–H groups in total. The number of hydrogen-bond acceptors (Lipinski definition) is 4. The van der Waals surface area contributed by atoms with E-state index in [1.807, 2.05) is 6.08 Å². The summed E-state index contributed by atoms with van der Waals surface area (Å²) >= 11 is 0. The first-order chi connectivity index (χ1) is 9.29. The van der Waals surface area contributed by atoms with Crippen LogP contribution in [0.15, 0.2) is 24.3 Å². The third-order valence-corrected chi connectivity index (χ3v) is 3.83. The molecule has 4 heteroatoms. The maximum Gasteiger partial charge on any atom is 0.330 e. The Morgan fingerprint density at radius 3 is 2.95 bits per heavy atom. The molecule has 2 aliphatic rings. The van der Waals surface area contributed by atoms with Crippen LogP contribution >= 0.6 is 0 Å². The lowest BCUT2D eigenvalue weighted by Crippen LogP contribution is -2.31. The van der Waals surface area contributed by atoms with Crippen molar-refractivity contribution in [3.05, 3.63) is 24.3 Å². The van der Waals surface area contributed by atoms with Crippen molar-refractivity contribution in [2.45, 2.75) is 44.3 Å². The minimum Gasteiger partial charge on any atom is -0.466 e. The van der Waals surface area contributed by atoms with Gasteiger partial charge in [0.25, 0.3) is 0 Å².